The van der Waals surface area contributed by atoms with Gasteiger partial charge in [-0.25, -0.2) is 0 Å². The van der Waals surface area contributed by atoms with Gasteiger partial charge in [-0.2, -0.15) is 0 Å². The molecule has 0 heterocycles. The molecule has 0 aromatic carbocycles. The van der Waals surface area contributed by atoms with Crippen molar-refractivity contribution in [2.45, 2.75) is 73.1 Å². The van der Waals surface area contributed by atoms with Crippen LogP contribution in [0.1, 0.15) is 73.1 Å². The van der Waals surface area contributed by atoms with E-state index >= 15 is 0 Å². The molecule has 2 nitrogen and oxygen atoms in total. The van der Waals surface area contributed by atoms with Gasteiger partial charge >= 0.3 is 5.97 Å². The van der Waals surface area contributed by atoms with E-state index in [-0.39, 0.29) is 16.8 Å². The molecule has 2 heteroatoms. The average Bonchev–Trinajstić information content (AvgIpc) is 2.54. The molecule has 3 aliphatic rings. The van der Waals surface area contributed by atoms with Gasteiger partial charge in [0.15, 0.2) is 0 Å². The van der Waals surface area contributed by atoms with E-state index < -0.39 is 0 Å². The second-order valence-electron chi connectivity index (χ2n) is 8.95. The number of carbonyl (C=O) groups excluding carboxylic acids is 1. The fourth-order valence-corrected chi connectivity index (χ4v) is 5.88. The highest BCUT2D eigenvalue weighted by atomic mass is 16.5. The van der Waals surface area contributed by atoms with Gasteiger partial charge in [0, 0.05) is 0 Å². The molecule has 0 aromatic heterocycles. The molecule has 4 atom stereocenters. The Balaban J connectivity index is 1.96. The zero-order valence-corrected chi connectivity index (χ0v) is 16.2. The van der Waals surface area contributed by atoms with Gasteiger partial charge in [-0.05, 0) is 74.7 Å². The lowest BCUT2D eigenvalue weighted by molar-refractivity contribution is -0.168. The zero-order chi connectivity index (χ0) is 17.5. The minimum Gasteiger partial charge on any atom is -0.466 e. The maximum Gasteiger partial charge on any atom is 0.312 e. The standard InChI is InChI=1S/C22H34O2/c1-6-24-20(23)22(5)13-7-12-21(4)18-10-8-16(15(2)3)14-17(18)9-11-19(21)22/h9,14-15,18-19H,6-8,10-13H2,1-5H3/t18-,19+,21+,22+/m0/s1. The van der Waals surface area contributed by atoms with Crippen molar-refractivity contribution in [3.05, 3.63) is 23.3 Å². The van der Waals surface area contributed by atoms with E-state index in [1.54, 1.807) is 11.1 Å². The van der Waals surface area contributed by atoms with Crippen LogP contribution in [0.5, 0.6) is 0 Å². The van der Waals surface area contributed by atoms with Crippen molar-refractivity contribution < 1.29 is 9.53 Å². The van der Waals surface area contributed by atoms with Crippen LogP contribution < -0.4 is 0 Å². The van der Waals surface area contributed by atoms with Gasteiger partial charge in [0.1, 0.15) is 0 Å². The predicted octanol–water partition coefficient (Wildman–Crippen LogP) is 5.68. The van der Waals surface area contributed by atoms with E-state index in [1.165, 1.54) is 19.3 Å². The Labute approximate surface area is 147 Å². The Morgan fingerprint density at radius 1 is 1.33 bits per heavy atom. The smallest absolute Gasteiger partial charge is 0.312 e. The van der Waals surface area contributed by atoms with E-state index in [0.717, 1.165) is 19.3 Å². The Kier molecular flexibility index (Phi) is 4.70. The number of hydrogen-bond acceptors (Lipinski definition) is 2. The number of esters is 1. The second kappa shape index (κ2) is 6.35. The van der Waals surface area contributed by atoms with Crippen LogP contribution in [-0.2, 0) is 9.53 Å². The Bertz CT molecular complexity index is 571. The molecular weight excluding hydrogens is 296 g/mol. The van der Waals surface area contributed by atoms with Crippen LogP contribution >= 0.6 is 0 Å². The summed E-state index contributed by atoms with van der Waals surface area (Å²) in [6, 6.07) is 0. The Morgan fingerprint density at radius 3 is 2.75 bits per heavy atom. The molecule has 0 saturated heterocycles. The predicted molar refractivity (Wildman–Crippen MR) is 98.5 cm³/mol. The fraction of sp³-hybridized carbons (Fsp3) is 0.773. The molecule has 1 saturated carbocycles. The van der Waals surface area contributed by atoms with Crippen LogP contribution in [0, 0.1) is 28.6 Å². The van der Waals surface area contributed by atoms with Crippen LogP contribution in [0.3, 0.4) is 0 Å². The number of carbonyl (C=O) groups is 1. The van der Waals surface area contributed by atoms with Gasteiger partial charge in [-0.15, -0.1) is 0 Å². The Hall–Kier alpha value is -1.05. The largest absolute Gasteiger partial charge is 0.466 e. The first kappa shape index (κ1) is 17.8. The monoisotopic (exact) mass is 330 g/mol. The van der Waals surface area contributed by atoms with E-state index in [4.69, 9.17) is 4.74 Å². The number of ether oxygens (including phenoxy) is 1. The van der Waals surface area contributed by atoms with E-state index in [1.807, 2.05) is 6.92 Å². The number of hydrogen-bond donors (Lipinski definition) is 0. The Morgan fingerprint density at radius 2 is 2.08 bits per heavy atom. The normalized spacial score (nSPS) is 38.8. The summed E-state index contributed by atoms with van der Waals surface area (Å²) in [5.74, 6) is 1.72. The first-order chi connectivity index (χ1) is 11.3. The maximum atomic E-state index is 12.8. The summed E-state index contributed by atoms with van der Waals surface area (Å²) < 4.78 is 5.49. The second-order valence-corrected chi connectivity index (χ2v) is 8.95. The minimum absolute atomic E-state index is 0.0343. The van der Waals surface area contributed by atoms with Gasteiger partial charge in [0.2, 0.25) is 0 Å². The summed E-state index contributed by atoms with van der Waals surface area (Å²) in [5.41, 5.74) is 3.08. The lowest BCUT2D eigenvalue weighted by atomic mass is 9.47. The molecule has 24 heavy (non-hydrogen) atoms. The molecule has 1 fully saturated rings. The molecule has 0 bridgehead atoms. The molecule has 3 aliphatic carbocycles. The molecule has 0 amide bonds. The molecule has 134 valence electrons. The van der Waals surface area contributed by atoms with Gasteiger partial charge in [-0.1, -0.05) is 44.9 Å². The highest BCUT2D eigenvalue weighted by Gasteiger charge is 2.57. The summed E-state index contributed by atoms with van der Waals surface area (Å²) in [4.78, 5) is 12.8. The lowest BCUT2D eigenvalue weighted by Crippen LogP contribution is -2.53. The third-order valence-electron chi connectivity index (χ3n) is 7.32. The molecule has 0 aliphatic heterocycles. The highest BCUT2D eigenvalue weighted by Crippen LogP contribution is 2.62. The summed E-state index contributed by atoms with van der Waals surface area (Å²) in [6.45, 7) is 11.6. The maximum absolute atomic E-state index is 12.8. The molecule has 0 radical (unpaired) electrons. The third kappa shape index (κ3) is 2.66. The van der Waals surface area contributed by atoms with Gasteiger partial charge < -0.3 is 4.74 Å². The molecule has 0 spiro atoms. The van der Waals surface area contributed by atoms with Crippen molar-refractivity contribution in [2.24, 2.45) is 28.6 Å². The molecule has 0 unspecified atom stereocenters. The quantitative estimate of drug-likeness (QED) is 0.622. The van der Waals surface area contributed by atoms with Crippen LogP contribution in [0.25, 0.3) is 0 Å². The van der Waals surface area contributed by atoms with E-state index in [2.05, 4.69) is 39.8 Å². The SMILES string of the molecule is CCOC(=O)[C@]1(C)CCC[C@@]2(C)[C@H]1CC=C1C=C(C(C)C)CC[C@@H]12. The number of allylic oxidation sites excluding steroid dienone is 4. The topological polar surface area (TPSA) is 26.3 Å². The lowest BCUT2D eigenvalue weighted by Gasteiger charge is -2.57. The average molecular weight is 331 g/mol. The van der Waals surface area contributed by atoms with Crippen molar-refractivity contribution in [2.75, 3.05) is 6.61 Å². The molecule has 0 aromatic rings. The van der Waals surface area contributed by atoms with E-state index in [9.17, 15) is 4.79 Å². The van der Waals surface area contributed by atoms with E-state index in [0.29, 0.717) is 24.4 Å². The molecule has 3 rings (SSSR count). The summed E-state index contributed by atoms with van der Waals surface area (Å²) in [6.07, 6.45) is 11.8. The van der Waals surface area contributed by atoms with Crippen molar-refractivity contribution in [1.29, 1.82) is 0 Å². The van der Waals surface area contributed by atoms with Crippen molar-refractivity contribution in [3.63, 3.8) is 0 Å². The summed E-state index contributed by atoms with van der Waals surface area (Å²) in [5, 5.41) is 0. The van der Waals surface area contributed by atoms with Crippen LogP contribution in [0.4, 0.5) is 0 Å². The summed E-state index contributed by atoms with van der Waals surface area (Å²) in [7, 11) is 0. The van der Waals surface area contributed by atoms with Crippen LogP contribution in [0.15, 0.2) is 23.3 Å². The first-order valence-corrected chi connectivity index (χ1v) is 9.90. The fourth-order valence-electron chi connectivity index (χ4n) is 5.88. The van der Waals surface area contributed by atoms with Gasteiger partial charge in [0.25, 0.3) is 0 Å². The van der Waals surface area contributed by atoms with Crippen LogP contribution in [0.2, 0.25) is 0 Å². The minimum atomic E-state index is -0.312. The van der Waals surface area contributed by atoms with Crippen molar-refractivity contribution in [3.8, 4) is 0 Å². The molecule has 0 N–H and O–H groups in total. The van der Waals surface area contributed by atoms with Crippen molar-refractivity contribution >= 4 is 5.97 Å². The summed E-state index contributed by atoms with van der Waals surface area (Å²) >= 11 is 0. The molecular formula is C22H34O2. The first-order valence-electron chi connectivity index (χ1n) is 9.90. The zero-order valence-electron chi connectivity index (χ0n) is 16.2. The van der Waals surface area contributed by atoms with Gasteiger partial charge in [0.05, 0.1) is 12.0 Å². The third-order valence-corrected chi connectivity index (χ3v) is 7.32. The highest BCUT2D eigenvalue weighted by molar-refractivity contribution is 5.77. The van der Waals surface area contributed by atoms with Crippen LogP contribution in [-0.4, -0.2) is 12.6 Å². The van der Waals surface area contributed by atoms with Crippen molar-refractivity contribution in [1.82, 2.24) is 0 Å². The number of rotatable bonds is 3. The van der Waals surface area contributed by atoms with Gasteiger partial charge in [-0.3, -0.25) is 4.79 Å². The number of fused-ring (bicyclic) bond motifs is 3.